The normalized spacial score (nSPS) is 11.2. The number of halogens is 2. The maximum atomic E-state index is 13.5. The van der Waals surface area contributed by atoms with Crippen molar-refractivity contribution in [1.82, 2.24) is 4.98 Å². The zero-order chi connectivity index (χ0) is 25.0. The first-order chi connectivity index (χ1) is 16.1. The van der Waals surface area contributed by atoms with E-state index in [2.05, 4.69) is 4.98 Å². The fourth-order valence-corrected chi connectivity index (χ4v) is 3.73. The molecule has 1 N–H and O–H groups in total. The highest BCUT2D eigenvalue weighted by Crippen LogP contribution is 2.39. The van der Waals surface area contributed by atoms with Crippen molar-refractivity contribution in [1.29, 1.82) is 0 Å². The highest BCUT2D eigenvalue weighted by atomic mass is 35.5. The van der Waals surface area contributed by atoms with Crippen LogP contribution in [0.1, 0.15) is 42.4 Å². The molecule has 0 spiro atoms. The minimum atomic E-state index is -2.76. The number of esters is 3. The second-order valence-electron chi connectivity index (χ2n) is 7.12. The summed E-state index contributed by atoms with van der Waals surface area (Å²) in [5, 5.41) is 0.489. The number of rotatable bonds is 8. The average Bonchev–Trinajstić information content (AvgIpc) is 3.16. The van der Waals surface area contributed by atoms with E-state index in [0.29, 0.717) is 5.02 Å². The number of hydrogen-bond donors (Lipinski definition) is 1. The molecule has 3 rings (SSSR count). The van der Waals surface area contributed by atoms with Gasteiger partial charge in [-0.25, -0.2) is 14.0 Å². The molecule has 0 fully saturated rings. The van der Waals surface area contributed by atoms with Gasteiger partial charge in [0.2, 0.25) is 5.78 Å². The van der Waals surface area contributed by atoms with E-state index in [1.807, 2.05) is 0 Å². The molecule has 8 nitrogen and oxygen atoms in total. The van der Waals surface area contributed by atoms with Crippen molar-refractivity contribution < 1.29 is 37.8 Å². The van der Waals surface area contributed by atoms with Gasteiger partial charge in [0.05, 0.1) is 24.5 Å². The van der Waals surface area contributed by atoms with Crippen LogP contribution in [0.15, 0.2) is 42.5 Å². The van der Waals surface area contributed by atoms with Crippen LogP contribution in [-0.2, 0) is 34.2 Å². The Morgan fingerprint density at radius 3 is 2.09 bits per heavy atom. The average molecular weight is 490 g/mol. The number of aromatic amines is 1. The molecule has 2 aromatic carbocycles. The van der Waals surface area contributed by atoms with Gasteiger partial charge in [-0.05, 0) is 50.2 Å². The van der Waals surface area contributed by atoms with Crippen LogP contribution in [0.25, 0.3) is 10.9 Å². The predicted molar refractivity (Wildman–Crippen MR) is 120 cm³/mol. The Bertz CT molecular complexity index is 1250. The molecule has 0 saturated carbocycles. The van der Waals surface area contributed by atoms with Crippen molar-refractivity contribution >= 4 is 46.2 Å². The highest BCUT2D eigenvalue weighted by molar-refractivity contribution is 6.31. The van der Waals surface area contributed by atoms with E-state index in [1.165, 1.54) is 44.2 Å². The molecule has 0 aliphatic rings. The summed E-state index contributed by atoms with van der Waals surface area (Å²) in [6, 6.07) is 9.05. The number of H-pyrrole nitrogens is 1. The van der Waals surface area contributed by atoms with Crippen molar-refractivity contribution in [3.63, 3.8) is 0 Å². The first-order valence-corrected chi connectivity index (χ1v) is 10.7. The molecule has 3 aromatic rings. The molecule has 178 valence electrons. The van der Waals surface area contributed by atoms with Gasteiger partial charge in [-0.2, -0.15) is 0 Å². The number of benzene rings is 2. The zero-order valence-electron chi connectivity index (χ0n) is 18.6. The third kappa shape index (κ3) is 4.51. The summed E-state index contributed by atoms with van der Waals surface area (Å²) in [6.07, 6.45) is 0. The van der Waals surface area contributed by atoms with Crippen molar-refractivity contribution in [2.24, 2.45) is 0 Å². The van der Waals surface area contributed by atoms with E-state index < -0.39 is 35.1 Å². The molecule has 1 heterocycles. The highest BCUT2D eigenvalue weighted by Gasteiger charge is 2.57. The number of nitrogens with one attached hydrogen (secondary N) is 1. The second-order valence-corrected chi connectivity index (χ2v) is 7.55. The molecule has 0 aliphatic heterocycles. The Morgan fingerprint density at radius 2 is 1.56 bits per heavy atom. The number of fused-ring (bicyclic) bond motifs is 1. The molecular weight excluding hydrogens is 469 g/mol. The van der Waals surface area contributed by atoms with E-state index in [-0.39, 0.29) is 40.9 Å². The smallest absolute Gasteiger partial charge is 0.367 e. The van der Waals surface area contributed by atoms with E-state index in [4.69, 9.17) is 25.8 Å². The molecule has 0 amide bonds. The summed E-state index contributed by atoms with van der Waals surface area (Å²) in [4.78, 5) is 55.1. The Morgan fingerprint density at radius 1 is 0.971 bits per heavy atom. The summed E-state index contributed by atoms with van der Waals surface area (Å²) >= 11 is 6.10. The second kappa shape index (κ2) is 10.0. The summed E-state index contributed by atoms with van der Waals surface area (Å²) in [6.45, 7) is 3.69. The van der Waals surface area contributed by atoms with Crippen molar-refractivity contribution in [3.05, 3.63) is 70.1 Å². The SMILES string of the molecule is CCOC(=O)C(OC(C)=O)(C(=O)OCC)c1c(C(=O)c2ccc(F)cc2)[nH]c2cc(Cl)ccc12. The van der Waals surface area contributed by atoms with Crippen molar-refractivity contribution in [2.45, 2.75) is 26.4 Å². The summed E-state index contributed by atoms with van der Waals surface area (Å²) in [7, 11) is 0. The van der Waals surface area contributed by atoms with Gasteiger partial charge in [-0.1, -0.05) is 17.7 Å². The van der Waals surface area contributed by atoms with Gasteiger partial charge in [0.15, 0.2) is 0 Å². The maximum Gasteiger partial charge on any atom is 0.367 e. The van der Waals surface area contributed by atoms with E-state index in [0.717, 1.165) is 19.1 Å². The van der Waals surface area contributed by atoms with Crippen LogP contribution < -0.4 is 0 Å². The molecule has 10 heteroatoms. The molecular formula is C24H21ClFNO7. The molecule has 0 atom stereocenters. The van der Waals surface area contributed by atoms with E-state index in [9.17, 15) is 23.6 Å². The van der Waals surface area contributed by atoms with Crippen LogP contribution in [0, 0.1) is 5.82 Å². The van der Waals surface area contributed by atoms with Crippen LogP contribution in [0.4, 0.5) is 4.39 Å². The standard InChI is InChI=1S/C24H21ClFNO7/c1-4-32-22(30)24(34-13(3)28,23(31)33-5-2)19-17-11-8-15(25)12-18(17)27-20(19)21(29)14-6-9-16(26)10-7-14/h6-12,27H,4-5H2,1-3H3. The minimum Gasteiger partial charge on any atom is -0.462 e. The van der Waals surface area contributed by atoms with Gasteiger partial charge in [-0.15, -0.1) is 0 Å². The molecule has 1 aromatic heterocycles. The van der Waals surface area contributed by atoms with Gasteiger partial charge in [-0.3, -0.25) is 9.59 Å². The van der Waals surface area contributed by atoms with Crippen LogP contribution >= 0.6 is 11.6 Å². The first-order valence-electron chi connectivity index (χ1n) is 10.3. The largest absolute Gasteiger partial charge is 0.462 e. The van der Waals surface area contributed by atoms with Gasteiger partial charge in [0.1, 0.15) is 5.82 Å². The number of hydrogen-bond acceptors (Lipinski definition) is 7. The fourth-order valence-electron chi connectivity index (χ4n) is 3.55. The lowest BCUT2D eigenvalue weighted by molar-refractivity contribution is -0.197. The molecule has 0 aliphatic carbocycles. The Kier molecular flexibility index (Phi) is 7.36. The zero-order valence-corrected chi connectivity index (χ0v) is 19.3. The van der Waals surface area contributed by atoms with Crippen molar-refractivity contribution in [2.75, 3.05) is 13.2 Å². The third-order valence-electron chi connectivity index (χ3n) is 4.87. The lowest BCUT2D eigenvalue weighted by Gasteiger charge is -2.29. The van der Waals surface area contributed by atoms with E-state index in [1.54, 1.807) is 0 Å². The number of carbonyl (C=O) groups excluding carboxylic acids is 4. The number of ketones is 1. The summed E-state index contributed by atoms with van der Waals surface area (Å²) in [5.41, 5.74) is -2.97. The van der Waals surface area contributed by atoms with Gasteiger partial charge in [0, 0.05) is 28.4 Å². The summed E-state index contributed by atoms with van der Waals surface area (Å²) < 4.78 is 29.0. The number of carbonyl (C=O) groups is 4. The van der Waals surface area contributed by atoms with Gasteiger partial charge >= 0.3 is 23.5 Å². The molecule has 0 bridgehead atoms. The van der Waals surface area contributed by atoms with Crippen molar-refractivity contribution in [3.8, 4) is 0 Å². The van der Waals surface area contributed by atoms with Gasteiger partial charge < -0.3 is 19.2 Å². The fraction of sp³-hybridized carbons (Fsp3) is 0.250. The lowest BCUT2D eigenvalue weighted by atomic mass is 9.88. The topological polar surface area (TPSA) is 112 Å². The third-order valence-corrected chi connectivity index (χ3v) is 5.10. The predicted octanol–water partition coefficient (Wildman–Crippen LogP) is 4.08. The summed E-state index contributed by atoms with van der Waals surface area (Å²) in [5.74, 6) is -4.75. The Labute approximate surface area is 198 Å². The Balaban J connectivity index is 2.43. The van der Waals surface area contributed by atoms with E-state index >= 15 is 0 Å². The Hall–Kier alpha value is -3.72. The molecule has 0 unspecified atom stereocenters. The maximum absolute atomic E-state index is 13.5. The minimum absolute atomic E-state index is 0.0461. The molecule has 0 radical (unpaired) electrons. The van der Waals surface area contributed by atoms with Crippen LogP contribution in [0.2, 0.25) is 5.02 Å². The molecule has 0 saturated heterocycles. The van der Waals surface area contributed by atoms with Crippen LogP contribution in [0.3, 0.4) is 0 Å². The van der Waals surface area contributed by atoms with Crippen LogP contribution in [0.5, 0.6) is 0 Å². The molecule has 34 heavy (non-hydrogen) atoms. The first kappa shape index (κ1) is 24.9. The number of aromatic nitrogens is 1. The monoisotopic (exact) mass is 489 g/mol. The van der Waals surface area contributed by atoms with Crippen LogP contribution in [-0.4, -0.2) is 41.9 Å². The van der Waals surface area contributed by atoms with Gasteiger partial charge in [0.25, 0.3) is 0 Å². The quantitative estimate of drug-likeness (QED) is 0.219. The number of ether oxygens (including phenoxy) is 3. The lowest BCUT2D eigenvalue weighted by Crippen LogP contribution is -2.50.